The summed E-state index contributed by atoms with van der Waals surface area (Å²) in [7, 11) is 0. The second-order valence-electron chi connectivity index (χ2n) is 5.90. The first kappa shape index (κ1) is 16.4. The van der Waals surface area contributed by atoms with Crippen LogP contribution >= 0.6 is 0 Å². The SMILES string of the molecule is CCCCCN(C(=O)C1(CN)CCOCC1)C(C)C. The average Bonchev–Trinajstić information content (AvgIpc) is 2.43. The van der Waals surface area contributed by atoms with E-state index in [1.165, 1.54) is 12.8 Å². The van der Waals surface area contributed by atoms with E-state index in [0.29, 0.717) is 19.8 Å². The molecule has 0 spiro atoms. The van der Waals surface area contributed by atoms with Crippen LogP contribution in [0.2, 0.25) is 0 Å². The molecule has 1 fully saturated rings. The third kappa shape index (κ3) is 4.18. The summed E-state index contributed by atoms with van der Waals surface area (Å²) in [6, 6.07) is 0.246. The van der Waals surface area contributed by atoms with E-state index >= 15 is 0 Å². The summed E-state index contributed by atoms with van der Waals surface area (Å²) in [5.74, 6) is 0.240. The van der Waals surface area contributed by atoms with Gasteiger partial charge < -0.3 is 15.4 Å². The summed E-state index contributed by atoms with van der Waals surface area (Å²) in [5.41, 5.74) is 5.55. The van der Waals surface area contributed by atoms with Crippen molar-refractivity contribution in [2.75, 3.05) is 26.3 Å². The van der Waals surface area contributed by atoms with E-state index in [2.05, 4.69) is 20.8 Å². The second-order valence-corrected chi connectivity index (χ2v) is 5.90. The Kier molecular flexibility index (Phi) is 6.80. The van der Waals surface area contributed by atoms with Gasteiger partial charge in [0.25, 0.3) is 0 Å². The summed E-state index contributed by atoms with van der Waals surface area (Å²) < 4.78 is 5.39. The topological polar surface area (TPSA) is 55.6 Å². The lowest BCUT2D eigenvalue weighted by Gasteiger charge is -2.40. The summed E-state index contributed by atoms with van der Waals surface area (Å²) >= 11 is 0. The molecule has 0 aromatic carbocycles. The number of carbonyl (C=O) groups excluding carboxylic acids is 1. The van der Waals surface area contributed by atoms with E-state index in [9.17, 15) is 4.79 Å². The summed E-state index contributed by atoms with van der Waals surface area (Å²) in [6.07, 6.45) is 4.96. The summed E-state index contributed by atoms with van der Waals surface area (Å²) in [4.78, 5) is 14.9. The molecule has 0 unspecified atom stereocenters. The van der Waals surface area contributed by atoms with Gasteiger partial charge in [0.1, 0.15) is 0 Å². The molecular weight excluding hydrogens is 240 g/mol. The lowest BCUT2D eigenvalue weighted by atomic mass is 9.78. The van der Waals surface area contributed by atoms with E-state index < -0.39 is 0 Å². The smallest absolute Gasteiger partial charge is 0.230 e. The van der Waals surface area contributed by atoms with Crippen LogP contribution in [0.4, 0.5) is 0 Å². The highest BCUT2D eigenvalue weighted by atomic mass is 16.5. The minimum atomic E-state index is -0.380. The predicted molar refractivity (Wildman–Crippen MR) is 77.9 cm³/mol. The highest BCUT2D eigenvalue weighted by Crippen LogP contribution is 2.32. The molecule has 1 saturated heterocycles. The molecule has 0 radical (unpaired) electrons. The molecule has 0 bridgehead atoms. The van der Waals surface area contributed by atoms with Gasteiger partial charge in [-0.25, -0.2) is 0 Å². The van der Waals surface area contributed by atoms with Gasteiger partial charge in [-0.05, 0) is 33.1 Å². The summed E-state index contributed by atoms with van der Waals surface area (Å²) in [5, 5.41) is 0. The number of hydrogen-bond donors (Lipinski definition) is 1. The lowest BCUT2D eigenvalue weighted by Crippen LogP contribution is -2.53. The Balaban J connectivity index is 2.72. The molecule has 0 aromatic heterocycles. The van der Waals surface area contributed by atoms with Gasteiger partial charge >= 0.3 is 0 Å². The summed E-state index contributed by atoms with van der Waals surface area (Å²) in [6.45, 7) is 8.97. The van der Waals surface area contributed by atoms with E-state index in [1.807, 2.05) is 4.90 Å². The van der Waals surface area contributed by atoms with Gasteiger partial charge in [-0.2, -0.15) is 0 Å². The van der Waals surface area contributed by atoms with Gasteiger partial charge in [-0.1, -0.05) is 19.8 Å². The highest BCUT2D eigenvalue weighted by molar-refractivity contribution is 5.83. The molecule has 19 heavy (non-hydrogen) atoms. The molecule has 0 aliphatic carbocycles. The van der Waals surface area contributed by atoms with Gasteiger partial charge in [0.2, 0.25) is 5.91 Å². The van der Waals surface area contributed by atoms with Crippen LogP contribution in [0.5, 0.6) is 0 Å². The molecule has 112 valence electrons. The van der Waals surface area contributed by atoms with Gasteiger partial charge in [0, 0.05) is 32.3 Å². The maximum Gasteiger partial charge on any atom is 0.230 e. The normalized spacial score (nSPS) is 18.6. The number of unbranched alkanes of at least 4 members (excludes halogenated alkanes) is 2. The van der Waals surface area contributed by atoms with Crippen molar-refractivity contribution >= 4 is 5.91 Å². The van der Waals surface area contributed by atoms with Crippen LogP contribution in [-0.2, 0) is 9.53 Å². The maximum atomic E-state index is 12.9. The number of hydrogen-bond acceptors (Lipinski definition) is 3. The quantitative estimate of drug-likeness (QED) is 0.721. The minimum absolute atomic E-state index is 0.240. The van der Waals surface area contributed by atoms with Crippen LogP contribution in [0, 0.1) is 5.41 Å². The maximum absolute atomic E-state index is 12.9. The molecule has 4 heteroatoms. The van der Waals surface area contributed by atoms with Crippen molar-refractivity contribution in [3.05, 3.63) is 0 Å². The van der Waals surface area contributed by atoms with Crippen molar-refractivity contribution in [2.24, 2.45) is 11.1 Å². The minimum Gasteiger partial charge on any atom is -0.381 e. The number of amides is 1. The van der Waals surface area contributed by atoms with E-state index in [-0.39, 0.29) is 17.4 Å². The van der Waals surface area contributed by atoms with E-state index in [4.69, 9.17) is 10.5 Å². The zero-order valence-electron chi connectivity index (χ0n) is 12.8. The van der Waals surface area contributed by atoms with Crippen LogP contribution in [-0.4, -0.2) is 43.2 Å². The Morgan fingerprint density at radius 2 is 1.95 bits per heavy atom. The largest absolute Gasteiger partial charge is 0.381 e. The molecule has 1 aliphatic rings. The molecule has 1 amide bonds. The monoisotopic (exact) mass is 270 g/mol. The molecule has 1 aliphatic heterocycles. The fourth-order valence-corrected chi connectivity index (χ4v) is 2.70. The van der Waals surface area contributed by atoms with Crippen LogP contribution in [0.15, 0.2) is 0 Å². The third-order valence-corrected chi connectivity index (χ3v) is 4.18. The fourth-order valence-electron chi connectivity index (χ4n) is 2.70. The molecule has 0 saturated carbocycles. The van der Waals surface area contributed by atoms with Crippen molar-refractivity contribution in [1.29, 1.82) is 0 Å². The Hall–Kier alpha value is -0.610. The molecule has 0 aromatic rings. The van der Waals surface area contributed by atoms with Crippen molar-refractivity contribution in [3.63, 3.8) is 0 Å². The molecule has 2 N–H and O–H groups in total. The molecule has 4 nitrogen and oxygen atoms in total. The number of ether oxygens (including phenoxy) is 1. The molecule has 1 heterocycles. The zero-order valence-corrected chi connectivity index (χ0v) is 12.8. The fraction of sp³-hybridized carbons (Fsp3) is 0.933. The highest BCUT2D eigenvalue weighted by Gasteiger charge is 2.41. The second kappa shape index (κ2) is 7.85. The van der Waals surface area contributed by atoms with E-state index in [1.54, 1.807) is 0 Å². The third-order valence-electron chi connectivity index (χ3n) is 4.18. The molecule has 1 rings (SSSR count). The van der Waals surface area contributed by atoms with Crippen LogP contribution in [0.1, 0.15) is 52.9 Å². The zero-order chi connectivity index (χ0) is 14.3. The van der Waals surface area contributed by atoms with Gasteiger partial charge in [-0.3, -0.25) is 4.79 Å². The van der Waals surface area contributed by atoms with Crippen molar-refractivity contribution < 1.29 is 9.53 Å². The van der Waals surface area contributed by atoms with Crippen LogP contribution < -0.4 is 5.73 Å². The van der Waals surface area contributed by atoms with Crippen molar-refractivity contribution in [2.45, 2.75) is 58.9 Å². The van der Waals surface area contributed by atoms with Gasteiger partial charge in [0.15, 0.2) is 0 Å². The average molecular weight is 270 g/mol. The van der Waals surface area contributed by atoms with Crippen LogP contribution in [0.3, 0.4) is 0 Å². The Labute approximate surface area is 117 Å². The number of rotatable bonds is 7. The van der Waals surface area contributed by atoms with Crippen molar-refractivity contribution in [1.82, 2.24) is 4.90 Å². The number of nitrogens with zero attached hydrogens (tertiary/aromatic N) is 1. The number of nitrogens with two attached hydrogens (primary N) is 1. The van der Waals surface area contributed by atoms with Crippen LogP contribution in [0.25, 0.3) is 0 Å². The Bertz CT molecular complexity index is 273. The molecular formula is C15H30N2O2. The number of carbonyl (C=O) groups is 1. The molecule has 0 atom stereocenters. The first-order valence-corrected chi connectivity index (χ1v) is 7.66. The Morgan fingerprint density at radius 3 is 2.42 bits per heavy atom. The standard InChI is InChI=1S/C15H30N2O2/c1-4-5-6-9-17(13(2)3)14(18)15(12-16)7-10-19-11-8-15/h13H,4-12,16H2,1-3H3. The first-order chi connectivity index (χ1) is 9.07. The predicted octanol–water partition coefficient (Wildman–Crippen LogP) is 2.17. The lowest BCUT2D eigenvalue weighted by molar-refractivity contribution is -0.149. The van der Waals surface area contributed by atoms with E-state index in [0.717, 1.165) is 25.8 Å². The van der Waals surface area contributed by atoms with Gasteiger partial charge in [0.05, 0.1) is 5.41 Å². The first-order valence-electron chi connectivity index (χ1n) is 7.66. The Morgan fingerprint density at radius 1 is 1.32 bits per heavy atom. The van der Waals surface area contributed by atoms with Crippen molar-refractivity contribution in [3.8, 4) is 0 Å². The van der Waals surface area contributed by atoms with Gasteiger partial charge in [-0.15, -0.1) is 0 Å².